The molecule has 214 valence electrons. The molecule has 3 aromatic rings. The smallest absolute Gasteiger partial charge is 0.399 e. The van der Waals surface area contributed by atoms with Gasteiger partial charge in [0.15, 0.2) is 0 Å². The lowest BCUT2D eigenvalue weighted by atomic mass is 9.65. The van der Waals surface area contributed by atoms with E-state index in [2.05, 4.69) is 133 Å². The summed E-state index contributed by atoms with van der Waals surface area (Å²) in [4.78, 5) is 0. The molecule has 0 aliphatic carbocycles. The van der Waals surface area contributed by atoms with Crippen molar-refractivity contribution in [2.75, 3.05) is 0 Å². The van der Waals surface area contributed by atoms with Crippen LogP contribution in [0.1, 0.15) is 108 Å². The second-order valence-electron chi connectivity index (χ2n) is 16.0. The second-order valence-corrected chi connectivity index (χ2v) is 16.0. The minimum atomic E-state index is -0.502. The normalized spacial score (nSPS) is 22.1. The lowest BCUT2D eigenvalue weighted by Gasteiger charge is -2.32. The number of benzene rings is 3. The summed E-state index contributed by atoms with van der Waals surface area (Å²) in [5, 5.41) is 4.50. The van der Waals surface area contributed by atoms with E-state index < -0.39 is 36.6 Å². The number of hydrogen-bond acceptors (Lipinski definition) is 4. The first kappa shape index (κ1) is 29.6. The average Bonchev–Trinajstić information content (AvgIpc) is 3.13. The van der Waals surface area contributed by atoms with E-state index in [0.717, 1.165) is 32.5 Å². The van der Waals surface area contributed by atoms with E-state index in [1.165, 1.54) is 11.1 Å². The van der Waals surface area contributed by atoms with Crippen molar-refractivity contribution in [3.05, 3.63) is 47.5 Å². The quantitative estimate of drug-likeness (QED) is 0.254. The standard InChI is InChI=1S/C34H48B2O4/c1-29(2,3)21-15-17-23-25(19-21)27(35-37-31(7,8)32(9,10)38-35)24-18-16-22(30(4,5)6)20-26(24)28(23)36-39-33(11,12)34(13,14)40-36/h15-20H,1-14H3. The van der Waals surface area contributed by atoms with Gasteiger partial charge in [-0.05, 0) is 110 Å². The van der Waals surface area contributed by atoms with Crippen molar-refractivity contribution in [1.29, 1.82) is 0 Å². The molecule has 0 bridgehead atoms. The summed E-state index contributed by atoms with van der Waals surface area (Å²) in [6.07, 6.45) is 0. The highest BCUT2D eigenvalue weighted by molar-refractivity contribution is 6.73. The molecule has 0 unspecified atom stereocenters. The Morgan fingerprint density at radius 1 is 0.450 bits per heavy atom. The molecule has 2 fully saturated rings. The third-order valence-corrected chi connectivity index (χ3v) is 9.91. The third kappa shape index (κ3) is 4.64. The molecule has 0 spiro atoms. The highest BCUT2D eigenvalue weighted by Gasteiger charge is 2.55. The SMILES string of the molecule is CC(C)(C)c1ccc2c(B3OC(C)(C)C(C)(C)O3)c3cc(C(C)(C)C)ccc3c(B3OC(C)(C)C(C)(C)O3)c2c1. The van der Waals surface area contributed by atoms with E-state index >= 15 is 0 Å². The molecule has 0 N–H and O–H groups in total. The molecule has 0 radical (unpaired) electrons. The molecule has 0 atom stereocenters. The van der Waals surface area contributed by atoms with Crippen LogP contribution in [0.3, 0.4) is 0 Å². The average molecular weight is 542 g/mol. The highest BCUT2D eigenvalue weighted by Crippen LogP contribution is 2.41. The van der Waals surface area contributed by atoms with Crippen molar-refractivity contribution in [3.8, 4) is 0 Å². The van der Waals surface area contributed by atoms with Crippen LogP contribution in [0.4, 0.5) is 0 Å². The monoisotopic (exact) mass is 542 g/mol. The highest BCUT2D eigenvalue weighted by atomic mass is 16.7. The lowest BCUT2D eigenvalue weighted by molar-refractivity contribution is 0.00578. The predicted molar refractivity (Wildman–Crippen MR) is 170 cm³/mol. The fourth-order valence-electron chi connectivity index (χ4n) is 5.66. The van der Waals surface area contributed by atoms with Crippen LogP contribution in [-0.4, -0.2) is 36.6 Å². The van der Waals surface area contributed by atoms with Crippen molar-refractivity contribution in [1.82, 2.24) is 0 Å². The molecule has 40 heavy (non-hydrogen) atoms. The molecule has 2 aliphatic rings. The maximum absolute atomic E-state index is 6.74. The van der Waals surface area contributed by atoms with E-state index in [0.29, 0.717) is 0 Å². The largest absolute Gasteiger partial charge is 0.496 e. The van der Waals surface area contributed by atoms with Crippen LogP contribution in [0.15, 0.2) is 36.4 Å². The number of fused-ring (bicyclic) bond motifs is 2. The minimum Gasteiger partial charge on any atom is -0.399 e. The van der Waals surface area contributed by atoms with Gasteiger partial charge in [0, 0.05) is 0 Å². The molecule has 3 aromatic carbocycles. The Bertz CT molecular complexity index is 1340. The Kier molecular flexibility index (Phi) is 6.54. The number of rotatable bonds is 2. The summed E-state index contributed by atoms with van der Waals surface area (Å²) in [6, 6.07) is 13.7. The summed E-state index contributed by atoms with van der Waals surface area (Å²) in [5.41, 5.74) is 2.86. The fourth-order valence-corrected chi connectivity index (χ4v) is 5.66. The Morgan fingerprint density at radius 2 is 0.725 bits per heavy atom. The molecule has 2 saturated heterocycles. The number of hydrogen-bond donors (Lipinski definition) is 0. The summed E-state index contributed by atoms with van der Waals surface area (Å²) in [7, 11) is -1.00. The van der Waals surface area contributed by atoms with E-state index in [4.69, 9.17) is 18.6 Å². The van der Waals surface area contributed by atoms with Gasteiger partial charge in [-0.3, -0.25) is 0 Å². The summed E-state index contributed by atoms with van der Waals surface area (Å²) in [5.74, 6) is 0. The summed E-state index contributed by atoms with van der Waals surface area (Å²) in [6.45, 7) is 30.5. The van der Waals surface area contributed by atoms with Crippen molar-refractivity contribution in [3.63, 3.8) is 0 Å². The topological polar surface area (TPSA) is 36.9 Å². The Morgan fingerprint density at radius 3 is 0.975 bits per heavy atom. The zero-order chi connectivity index (χ0) is 29.8. The first-order valence-corrected chi connectivity index (χ1v) is 14.8. The Hall–Kier alpha value is -1.85. The van der Waals surface area contributed by atoms with Gasteiger partial charge in [-0.15, -0.1) is 0 Å². The Labute approximate surface area is 242 Å². The first-order chi connectivity index (χ1) is 18.1. The molecule has 2 heterocycles. The van der Waals surface area contributed by atoms with Crippen molar-refractivity contribution >= 4 is 46.7 Å². The van der Waals surface area contributed by atoms with E-state index in [1.807, 2.05) is 0 Å². The van der Waals surface area contributed by atoms with Crippen LogP contribution < -0.4 is 10.9 Å². The van der Waals surface area contributed by atoms with Gasteiger partial charge in [-0.25, -0.2) is 0 Å². The maximum Gasteiger partial charge on any atom is 0.496 e. The van der Waals surface area contributed by atoms with Crippen molar-refractivity contribution in [2.45, 2.75) is 130 Å². The van der Waals surface area contributed by atoms with Gasteiger partial charge in [-0.1, -0.05) is 77.9 Å². The van der Waals surface area contributed by atoms with Crippen LogP contribution in [0, 0.1) is 0 Å². The third-order valence-electron chi connectivity index (χ3n) is 9.91. The van der Waals surface area contributed by atoms with E-state index in [-0.39, 0.29) is 10.8 Å². The zero-order valence-corrected chi connectivity index (χ0v) is 27.3. The van der Waals surface area contributed by atoms with E-state index in [1.54, 1.807) is 0 Å². The van der Waals surface area contributed by atoms with Gasteiger partial charge in [0.05, 0.1) is 22.4 Å². The first-order valence-electron chi connectivity index (χ1n) is 14.8. The summed E-state index contributed by atoms with van der Waals surface area (Å²) >= 11 is 0. The van der Waals surface area contributed by atoms with E-state index in [9.17, 15) is 0 Å². The molecule has 0 amide bonds. The van der Waals surface area contributed by atoms with Crippen LogP contribution in [0.25, 0.3) is 21.5 Å². The molecule has 0 saturated carbocycles. The van der Waals surface area contributed by atoms with Crippen LogP contribution in [-0.2, 0) is 29.4 Å². The van der Waals surface area contributed by atoms with Crippen molar-refractivity contribution < 1.29 is 18.6 Å². The molecule has 0 aromatic heterocycles. The van der Waals surface area contributed by atoms with Gasteiger partial charge in [0.2, 0.25) is 0 Å². The molecular weight excluding hydrogens is 494 g/mol. The van der Waals surface area contributed by atoms with Gasteiger partial charge in [0.25, 0.3) is 0 Å². The maximum atomic E-state index is 6.74. The minimum absolute atomic E-state index is 0.0169. The molecule has 2 aliphatic heterocycles. The second kappa shape index (κ2) is 8.83. The zero-order valence-electron chi connectivity index (χ0n) is 27.3. The molecule has 6 heteroatoms. The lowest BCUT2D eigenvalue weighted by Crippen LogP contribution is -2.41. The molecular formula is C34H48B2O4. The van der Waals surface area contributed by atoms with Crippen LogP contribution >= 0.6 is 0 Å². The molecule has 4 nitrogen and oxygen atoms in total. The Balaban J connectivity index is 1.92. The summed E-state index contributed by atoms with van der Waals surface area (Å²) < 4.78 is 26.9. The van der Waals surface area contributed by atoms with Crippen LogP contribution in [0.5, 0.6) is 0 Å². The van der Waals surface area contributed by atoms with Gasteiger partial charge in [0.1, 0.15) is 0 Å². The predicted octanol–water partition coefficient (Wildman–Crippen LogP) is 7.19. The molecule has 5 rings (SSSR count). The van der Waals surface area contributed by atoms with Gasteiger partial charge >= 0.3 is 14.2 Å². The fraction of sp³-hybridized carbons (Fsp3) is 0.588. The van der Waals surface area contributed by atoms with Crippen LogP contribution in [0.2, 0.25) is 0 Å². The van der Waals surface area contributed by atoms with Crippen molar-refractivity contribution in [2.24, 2.45) is 0 Å². The van der Waals surface area contributed by atoms with Gasteiger partial charge < -0.3 is 18.6 Å². The van der Waals surface area contributed by atoms with Gasteiger partial charge in [-0.2, -0.15) is 0 Å².